The number of para-hydroxylation sites is 2. The number of fused-ring (bicyclic) bond motifs is 4. The largest absolute Gasteiger partial charge is 0.351 e. The Morgan fingerprint density at radius 2 is 1.85 bits per heavy atom. The zero-order chi connectivity index (χ0) is 18.0. The molecule has 5 heteroatoms. The van der Waals surface area contributed by atoms with Gasteiger partial charge in [-0.05, 0) is 31.0 Å². The van der Waals surface area contributed by atoms with Crippen LogP contribution in [0.15, 0.2) is 58.3 Å². The van der Waals surface area contributed by atoms with Gasteiger partial charge in [0.1, 0.15) is 11.7 Å². The van der Waals surface area contributed by atoms with Crippen LogP contribution in [0.3, 0.4) is 0 Å². The number of aromatic nitrogens is 2. The molecule has 27 heavy (non-hydrogen) atoms. The molecule has 3 aromatic rings. The molecule has 0 amide bonds. The molecule has 3 aliphatic rings. The molecule has 0 spiro atoms. The summed E-state index contributed by atoms with van der Waals surface area (Å²) in [6.45, 7) is 1.01. The Kier molecular flexibility index (Phi) is 3.10. The summed E-state index contributed by atoms with van der Waals surface area (Å²) in [5.74, 6) is 2.10. The molecule has 5 nitrogen and oxygen atoms in total. The summed E-state index contributed by atoms with van der Waals surface area (Å²) in [4.78, 5) is 25.5. The molecule has 2 aromatic carbocycles. The van der Waals surface area contributed by atoms with E-state index in [1.807, 2.05) is 34.9 Å². The fourth-order valence-corrected chi connectivity index (χ4v) is 5.08. The molecule has 6 rings (SSSR count). The minimum atomic E-state index is 0.0961. The van der Waals surface area contributed by atoms with Gasteiger partial charge >= 0.3 is 0 Å². The van der Waals surface area contributed by atoms with Crippen LogP contribution < -0.4 is 5.56 Å². The van der Waals surface area contributed by atoms with Crippen molar-refractivity contribution in [2.24, 2.45) is 4.99 Å². The highest BCUT2D eigenvalue weighted by Gasteiger charge is 2.41. The van der Waals surface area contributed by atoms with Gasteiger partial charge in [0.2, 0.25) is 0 Å². The minimum Gasteiger partial charge on any atom is -0.351 e. The van der Waals surface area contributed by atoms with E-state index in [1.165, 1.54) is 11.4 Å². The lowest BCUT2D eigenvalue weighted by atomic mass is 9.93. The van der Waals surface area contributed by atoms with Crippen molar-refractivity contribution in [2.45, 2.75) is 37.8 Å². The summed E-state index contributed by atoms with van der Waals surface area (Å²) in [5.41, 5.74) is 3.20. The van der Waals surface area contributed by atoms with Gasteiger partial charge < -0.3 is 4.90 Å². The van der Waals surface area contributed by atoms with Crippen LogP contribution in [0, 0.1) is 0 Å². The van der Waals surface area contributed by atoms with Crippen molar-refractivity contribution >= 4 is 22.4 Å². The van der Waals surface area contributed by atoms with Gasteiger partial charge in [0, 0.05) is 24.9 Å². The number of amidine groups is 1. The van der Waals surface area contributed by atoms with Crippen LogP contribution in [-0.2, 0) is 6.42 Å². The summed E-state index contributed by atoms with van der Waals surface area (Å²) < 4.78 is 1.98. The summed E-state index contributed by atoms with van der Waals surface area (Å²) >= 11 is 0. The molecule has 0 N–H and O–H groups in total. The van der Waals surface area contributed by atoms with E-state index in [-0.39, 0.29) is 17.6 Å². The summed E-state index contributed by atoms with van der Waals surface area (Å²) in [6.07, 6.45) is 3.95. The number of hydrogen-bond donors (Lipinski definition) is 0. The molecule has 3 aliphatic heterocycles. The fraction of sp³-hybridized carbons (Fsp3) is 0.318. The smallest absolute Gasteiger partial charge is 0.261 e. The van der Waals surface area contributed by atoms with Crippen LogP contribution in [0.5, 0.6) is 0 Å². The predicted molar refractivity (Wildman–Crippen MR) is 106 cm³/mol. The van der Waals surface area contributed by atoms with Crippen LogP contribution >= 0.6 is 0 Å². The normalized spacial score (nSPS) is 23.1. The molecule has 0 aliphatic carbocycles. The second-order valence-electron chi connectivity index (χ2n) is 7.65. The Morgan fingerprint density at radius 3 is 2.81 bits per heavy atom. The third-order valence-electron chi connectivity index (χ3n) is 6.21. The van der Waals surface area contributed by atoms with Crippen LogP contribution in [0.25, 0.3) is 10.9 Å². The molecule has 1 aromatic heterocycles. The molecule has 134 valence electrons. The first-order chi connectivity index (χ1) is 13.3. The fourth-order valence-electron chi connectivity index (χ4n) is 5.08. The highest BCUT2D eigenvalue weighted by Crippen LogP contribution is 2.46. The van der Waals surface area contributed by atoms with Crippen molar-refractivity contribution in [3.8, 4) is 0 Å². The molecule has 2 atom stereocenters. The standard InChI is InChI=1S/C22H20N4O/c27-22-15-7-2-4-9-17(15)24-20-12-11-18(26(20)22)21-14-6-1-3-8-16(14)23-19-10-5-13-25(19)21/h1-4,6-9,18,21H,5,10-13H2. The maximum atomic E-state index is 13.4. The number of hydrogen-bond acceptors (Lipinski definition) is 4. The third-order valence-corrected chi connectivity index (χ3v) is 6.21. The van der Waals surface area contributed by atoms with Gasteiger partial charge in [0.05, 0.1) is 28.7 Å². The predicted octanol–water partition coefficient (Wildman–Crippen LogP) is 3.76. The Labute approximate surface area is 157 Å². The molecule has 1 fully saturated rings. The van der Waals surface area contributed by atoms with Gasteiger partial charge in [-0.15, -0.1) is 0 Å². The highest BCUT2D eigenvalue weighted by atomic mass is 16.1. The molecule has 4 heterocycles. The number of aliphatic imine (C=N–C) groups is 1. The van der Waals surface area contributed by atoms with Gasteiger partial charge in [0.15, 0.2) is 0 Å². The summed E-state index contributed by atoms with van der Waals surface area (Å²) in [7, 11) is 0. The van der Waals surface area contributed by atoms with Crippen molar-refractivity contribution < 1.29 is 0 Å². The topological polar surface area (TPSA) is 50.5 Å². The van der Waals surface area contributed by atoms with Gasteiger partial charge in [-0.3, -0.25) is 9.36 Å². The number of benzene rings is 2. The SMILES string of the molecule is O=c1c2ccccc2nc2n1C(C1c3ccccc3N=C3CCCN31)CC2. The van der Waals surface area contributed by atoms with Crippen molar-refractivity contribution in [2.75, 3.05) is 6.54 Å². The van der Waals surface area contributed by atoms with Crippen molar-refractivity contribution in [1.29, 1.82) is 0 Å². The monoisotopic (exact) mass is 356 g/mol. The minimum absolute atomic E-state index is 0.0961. The Balaban J connectivity index is 1.57. The lowest BCUT2D eigenvalue weighted by molar-refractivity contribution is 0.242. The summed E-state index contributed by atoms with van der Waals surface area (Å²) in [5, 5.41) is 0.715. The second kappa shape index (κ2) is 5.52. The Hall–Kier alpha value is -2.95. The van der Waals surface area contributed by atoms with E-state index in [0.717, 1.165) is 49.3 Å². The number of nitrogens with zero attached hydrogens (tertiary/aromatic N) is 4. The van der Waals surface area contributed by atoms with Gasteiger partial charge in [-0.2, -0.15) is 0 Å². The lowest BCUT2D eigenvalue weighted by Gasteiger charge is -2.38. The van der Waals surface area contributed by atoms with E-state index >= 15 is 0 Å². The third kappa shape index (κ3) is 2.08. The number of rotatable bonds is 1. The van der Waals surface area contributed by atoms with E-state index in [9.17, 15) is 4.79 Å². The Morgan fingerprint density at radius 1 is 1.00 bits per heavy atom. The zero-order valence-corrected chi connectivity index (χ0v) is 15.0. The van der Waals surface area contributed by atoms with Crippen molar-refractivity contribution in [1.82, 2.24) is 14.5 Å². The summed E-state index contributed by atoms with van der Waals surface area (Å²) in [6, 6.07) is 16.4. The van der Waals surface area contributed by atoms with E-state index < -0.39 is 0 Å². The van der Waals surface area contributed by atoms with Crippen LogP contribution in [0.1, 0.15) is 42.7 Å². The van der Waals surface area contributed by atoms with Gasteiger partial charge in [-0.1, -0.05) is 30.3 Å². The molecular weight excluding hydrogens is 336 g/mol. The van der Waals surface area contributed by atoms with Gasteiger partial charge in [0.25, 0.3) is 5.56 Å². The van der Waals surface area contributed by atoms with Crippen molar-refractivity contribution in [3.63, 3.8) is 0 Å². The Bertz CT molecular complexity index is 1160. The first kappa shape index (κ1) is 15.1. The van der Waals surface area contributed by atoms with Crippen molar-refractivity contribution in [3.05, 3.63) is 70.3 Å². The van der Waals surface area contributed by atoms with Crippen LogP contribution in [0.4, 0.5) is 5.69 Å². The molecule has 0 radical (unpaired) electrons. The molecule has 2 unspecified atom stereocenters. The molecule has 0 saturated carbocycles. The quantitative estimate of drug-likeness (QED) is 0.667. The first-order valence-corrected chi connectivity index (χ1v) is 9.74. The highest BCUT2D eigenvalue weighted by molar-refractivity contribution is 5.89. The van der Waals surface area contributed by atoms with E-state index in [4.69, 9.17) is 9.98 Å². The van der Waals surface area contributed by atoms with E-state index in [2.05, 4.69) is 23.1 Å². The zero-order valence-electron chi connectivity index (χ0n) is 15.0. The average Bonchev–Trinajstić information content (AvgIpc) is 3.33. The average molecular weight is 356 g/mol. The van der Waals surface area contributed by atoms with Crippen LogP contribution in [-0.4, -0.2) is 26.8 Å². The maximum absolute atomic E-state index is 13.4. The van der Waals surface area contributed by atoms with Crippen LogP contribution in [0.2, 0.25) is 0 Å². The number of aryl methyl sites for hydroxylation is 1. The maximum Gasteiger partial charge on any atom is 0.261 e. The van der Waals surface area contributed by atoms with E-state index in [0.29, 0.717) is 5.39 Å². The second-order valence-corrected chi connectivity index (χ2v) is 7.65. The molecule has 0 bridgehead atoms. The molecule has 1 saturated heterocycles. The van der Waals surface area contributed by atoms with Gasteiger partial charge in [-0.25, -0.2) is 9.98 Å². The first-order valence-electron chi connectivity index (χ1n) is 9.74. The molecular formula is C22H20N4O. The van der Waals surface area contributed by atoms with E-state index in [1.54, 1.807) is 0 Å². The lowest BCUT2D eigenvalue weighted by Crippen LogP contribution is -2.39.